The smallest absolute Gasteiger partial charge is 0.309 e. The third-order valence-electron chi connectivity index (χ3n) is 8.04. The van der Waals surface area contributed by atoms with Gasteiger partial charge in [-0.3, -0.25) is 9.59 Å². The van der Waals surface area contributed by atoms with Crippen LogP contribution < -0.4 is 0 Å². The first kappa shape index (κ1) is 38.3. The summed E-state index contributed by atoms with van der Waals surface area (Å²) in [5, 5.41) is 40.9. The number of rotatable bonds is 25. The van der Waals surface area contributed by atoms with E-state index >= 15 is 0 Å². The Labute approximate surface area is 254 Å². The van der Waals surface area contributed by atoms with Crippen LogP contribution in [0.2, 0.25) is 0 Å². The van der Waals surface area contributed by atoms with E-state index in [9.17, 15) is 30.0 Å². The lowest BCUT2D eigenvalue weighted by molar-refractivity contribution is -0.151. The SMILES string of the molecule is CCCCCCCCCCCCC(=O)OC[C@@H](O)COC(=O)C/C=C\C[C@H]1[C@@H](/C=C/[C@H](O)CCCCC)[C@H](O)C[C@@H]1O. The molecule has 1 rings (SSSR count). The minimum absolute atomic E-state index is 0.00721. The van der Waals surface area contributed by atoms with Crippen LogP contribution in [0.4, 0.5) is 0 Å². The molecule has 0 spiro atoms. The second-order valence-electron chi connectivity index (χ2n) is 11.9. The van der Waals surface area contributed by atoms with Crippen LogP contribution >= 0.6 is 0 Å². The van der Waals surface area contributed by atoms with Crippen molar-refractivity contribution in [2.24, 2.45) is 11.8 Å². The quantitative estimate of drug-likeness (QED) is 0.0578. The van der Waals surface area contributed by atoms with Crippen LogP contribution in [0.15, 0.2) is 24.3 Å². The van der Waals surface area contributed by atoms with E-state index in [1.807, 2.05) is 6.08 Å². The molecule has 0 heterocycles. The number of aliphatic hydroxyl groups excluding tert-OH is 4. The molecule has 42 heavy (non-hydrogen) atoms. The summed E-state index contributed by atoms with van der Waals surface area (Å²) in [7, 11) is 0. The molecule has 1 fully saturated rings. The number of unbranched alkanes of at least 4 members (excludes halogenated alkanes) is 11. The molecular weight excluding hydrogens is 536 g/mol. The van der Waals surface area contributed by atoms with Crippen molar-refractivity contribution in [3.8, 4) is 0 Å². The maximum atomic E-state index is 12.0. The van der Waals surface area contributed by atoms with Gasteiger partial charge in [0.2, 0.25) is 0 Å². The van der Waals surface area contributed by atoms with Gasteiger partial charge in [0.25, 0.3) is 0 Å². The summed E-state index contributed by atoms with van der Waals surface area (Å²) < 4.78 is 10.2. The van der Waals surface area contributed by atoms with Crippen LogP contribution in [0.1, 0.15) is 129 Å². The second-order valence-corrected chi connectivity index (χ2v) is 11.9. The van der Waals surface area contributed by atoms with E-state index in [-0.39, 0.29) is 43.9 Å². The standard InChI is InChI=1S/C34H60O8/c1-3-5-7-8-9-10-11-12-13-15-20-33(39)41-25-28(36)26-42-34(40)21-17-16-19-29-30(32(38)24-31(29)37)23-22-27(35)18-14-6-4-2/h16-17,22-23,27-32,35-38H,3-15,18-21,24-26H2,1-2H3/b17-16-,23-22+/t27-,28-,29+,30-,31+,32-/m1/s1. The molecule has 0 radical (unpaired) electrons. The lowest BCUT2D eigenvalue weighted by Gasteiger charge is -2.19. The van der Waals surface area contributed by atoms with E-state index in [0.717, 1.165) is 38.5 Å². The predicted octanol–water partition coefficient (Wildman–Crippen LogP) is 5.94. The normalized spacial score (nSPS) is 22.1. The average Bonchev–Trinajstić information content (AvgIpc) is 3.24. The van der Waals surface area contributed by atoms with Crippen LogP contribution in [-0.4, -0.2) is 70.0 Å². The van der Waals surface area contributed by atoms with E-state index < -0.39 is 30.4 Å². The van der Waals surface area contributed by atoms with Crippen molar-refractivity contribution in [3.05, 3.63) is 24.3 Å². The van der Waals surface area contributed by atoms with E-state index in [0.29, 0.717) is 19.3 Å². The first-order valence-electron chi connectivity index (χ1n) is 16.6. The number of hydrogen-bond acceptors (Lipinski definition) is 8. The minimum Gasteiger partial charge on any atom is -0.463 e. The Morgan fingerprint density at radius 3 is 1.98 bits per heavy atom. The molecule has 0 aromatic rings. The van der Waals surface area contributed by atoms with Gasteiger partial charge in [-0.25, -0.2) is 0 Å². The van der Waals surface area contributed by atoms with Gasteiger partial charge in [-0.1, -0.05) is 115 Å². The van der Waals surface area contributed by atoms with Crippen LogP contribution in [0.3, 0.4) is 0 Å². The van der Waals surface area contributed by atoms with Crippen molar-refractivity contribution < 1.29 is 39.5 Å². The number of allylic oxidation sites excluding steroid dienone is 1. The van der Waals surface area contributed by atoms with Crippen molar-refractivity contribution in [3.63, 3.8) is 0 Å². The fourth-order valence-corrected chi connectivity index (χ4v) is 5.41. The van der Waals surface area contributed by atoms with Gasteiger partial charge in [-0.05, 0) is 25.2 Å². The molecule has 0 aliphatic heterocycles. The topological polar surface area (TPSA) is 134 Å². The van der Waals surface area contributed by atoms with Crippen molar-refractivity contribution in [1.29, 1.82) is 0 Å². The van der Waals surface area contributed by atoms with Gasteiger partial charge in [0.1, 0.15) is 19.3 Å². The maximum Gasteiger partial charge on any atom is 0.309 e. The Bertz CT molecular complexity index is 752. The zero-order chi connectivity index (χ0) is 31.0. The molecule has 0 bridgehead atoms. The predicted molar refractivity (Wildman–Crippen MR) is 166 cm³/mol. The fourth-order valence-electron chi connectivity index (χ4n) is 5.41. The Balaban J connectivity index is 2.18. The highest BCUT2D eigenvalue weighted by molar-refractivity contribution is 5.71. The van der Waals surface area contributed by atoms with E-state index in [1.54, 1.807) is 18.2 Å². The molecule has 0 unspecified atom stereocenters. The minimum atomic E-state index is -1.07. The zero-order valence-corrected chi connectivity index (χ0v) is 26.3. The Kier molecular flexibility index (Phi) is 22.5. The van der Waals surface area contributed by atoms with E-state index in [1.165, 1.54) is 44.9 Å². The Morgan fingerprint density at radius 2 is 1.33 bits per heavy atom. The maximum absolute atomic E-state index is 12.0. The highest BCUT2D eigenvalue weighted by Gasteiger charge is 2.39. The second kappa shape index (κ2) is 24.7. The highest BCUT2D eigenvalue weighted by Crippen LogP contribution is 2.36. The molecule has 1 aliphatic rings. The van der Waals surface area contributed by atoms with E-state index in [2.05, 4.69) is 13.8 Å². The van der Waals surface area contributed by atoms with Crippen molar-refractivity contribution in [2.45, 2.75) is 154 Å². The van der Waals surface area contributed by atoms with Crippen molar-refractivity contribution >= 4 is 11.9 Å². The molecular formula is C34H60O8. The summed E-state index contributed by atoms with van der Waals surface area (Å²) in [6.07, 6.45) is 20.8. The van der Waals surface area contributed by atoms with Gasteiger partial charge in [0.05, 0.1) is 24.7 Å². The largest absolute Gasteiger partial charge is 0.463 e. The van der Waals surface area contributed by atoms with Crippen LogP contribution in [0.25, 0.3) is 0 Å². The number of esters is 2. The molecule has 1 saturated carbocycles. The number of carbonyl (C=O) groups excluding carboxylic acids is 2. The third kappa shape index (κ3) is 18.7. The summed E-state index contributed by atoms with van der Waals surface area (Å²) in [5.74, 6) is -1.33. The summed E-state index contributed by atoms with van der Waals surface area (Å²) in [4.78, 5) is 23.9. The van der Waals surface area contributed by atoms with Gasteiger partial charge >= 0.3 is 11.9 Å². The molecule has 8 heteroatoms. The Hall–Kier alpha value is -1.74. The summed E-state index contributed by atoms with van der Waals surface area (Å²) in [6, 6.07) is 0. The molecule has 4 N–H and O–H groups in total. The lowest BCUT2D eigenvalue weighted by Crippen LogP contribution is -2.25. The van der Waals surface area contributed by atoms with Crippen molar-refractivity contribution in [1.82, 2.24) is 0 Å². The average molecular weight is 597 g/mol. The van der Waals surface area contributed by atoms with Gasteiger partial charge in [-0.2, -0.15) is 0 Å². The molecule has 0 aromatic heterocycles. The van der Waals surface area contributed by atoms with Crippen LogP contribution in [-0.2, 0) is 19.1 Å². The molecule has 8 nitrogen and oxygen atoms in total. The third-order valence-corrected chi connectivity index (χ3v) is 8.04. The molecule has 6 atom stereocenters. The van der Waals surface area contributed by atoms with Crippen LogP contribution in [0.5, 0.6) is 0 Å². The van der Waals surface area contributed by atoms with Gasteiger partial charge in [-0.15, -0.1) is 0 Å². The fraction of sp³-hybridized carbons (Fsp3) is 0.824. The number of hydrogen-bond donors (Lipinski definition) is 4. The van der Waals surface area contributed by atoms with Gasteiger partial charge in [0, 0.05) is 18.8 Å². The van der Waals surface area contributed by atoms with Crippen molar-refractivity contribution in [2.75, 3.05) is 13.2 Å². The summed E-state index contributed by atoms with van der Waals surface area (Å²) in [5.41, 5.74) is 0. The number of ether oxygens (including phenoxy) is 2. The van der Waals surface area contributed by atoms with E-state index in [4.69, 9.17) is 9.47 Å². The molecule has 244 valence electrons. The summed E-state index contributed by atoms with van der Waals surface area (Å²) >= 11 is 0. The zero-order valence-electron chi connectivity index (χ0n) is 26.3. The molecule has 0 saturated heterocycles. The Morgan fingerprint density at radius 1 is 0.762 bits per heavy atom. The van der Waals surface area contributed by atoms with Crippen LogP contribution in [0, 0.1) is 11.8 Å². The number of aliphatic hydroxyl groups is 4. The first-order chi connectivity index (χ1) is 20.3. The van der Waals surface area contributed by atoms with Gasteiger partial charge in [0.15, 0.2) is 0 Å². The molecule has 1 aliphatic carbocycles. The summed E-state index contributed by atoms with van der Waals surface area (Å²) in [6.45, 7) is 3.88. The lowest BCUT2D eigenvalue weighted by atomic mass is 9.89. The molecule has 0 aromatic carbocycles. The molecule has 0 amide bonds. The first-order valence-corrected chi connectivity index (χ1v) is 16.6. The van der Waals surface area contributed by atoms with Gasteiger partial charge < -0.3 is 29.9 Å². The highest BCUT2D eigenvalue weighted by atomic mass is 16.6. The number of carbonyl (C=O) groups is 2. The monoisotopic (exact) mass is 596 g/mol.